The van der Waals surface area contributed by atoms with Crippen LogP contribution in [0.15, 0.2) is 47.6 Å². The molecule has 7 nitrogen and oxygen atoms in total. The summed E-state index contributed by atoms with van der Waals surface area (Å²) in [5.74, 6) is 2.10. The number of para-hydroxylation sites is 1. The molecule has 9 heteroatoms. The van der Waals surface area contributed by atoms with Crippen LogP contribution >= 0.6 is 23.4 Å². The molecule has 0 unspecified atom stereocenters. The van der Waals surface area contributed by atoms with Crippen LogP contribution in [0.2, 0.25) is 5.02 Å². The molecule has 2 aromatic carbocycles. The minimum Gasteiger partial charge on any atom is -0.490 e. The molecular formula is C21H26ClN5O2S. The first-order valence-corrected chi connectivity index (χ1v) is 11.2. The van der Waals surface area contributed by atoms with E-state index in [2.05, 4.69) is 20.8 Å². The zero-order chi connectivity index (χ0) is 21.3. The van der Waals surface area contributed by atoms with Crippen molar-refractivity contribution in [3.8, 4) is 17.2 Å². The van der Waals surface area contributed by atoms with Gasteiger partial charge in [0.15, 0.2) is 11.5 Å². The van der Waals surface area contributed by atoms with Crippen molar-refractivity contribution in [2.24, 2.45) is 0 Å². The number of hydrogen-bond acceptors (Lipinski definition) is 7. The highest BCUT2D eigenvalue weighted by Gasteiger charge is 2.14. The quantitative estimate of drug-likeness (QED) is 0.345. The number of nitrogens with one attached hydrogen (secondary N) is 1. The van der Waals surface area contributed by atoms with Crippen LogP contribution in [0.4, 0.5) is 0 Å². The number of thioether (sulfide) groups is 1. The Kier molecular flexibility index (Phi) is 8.36. The lowest BCUT2D eigenvalue weighted by Crippen LogP contribution is -2.17. The average Bonchev–Trinajstić information content (AvgIpc) is 3.19. The normalized spacial score (nSPS) is 11.1. The number of ether oxygens (including phenoxy) is 2. The lowest BCUT2D eigenvalue weighted by Gasteiger charge is -2.17. The summed E-state index contributed by atoms with van der Waals surface area (Å²) in [6.07, 6.45) is 0.0233. The second kappa shape index (κ2) is 11.2. The summed E-state index contributed by atoms with van der Waals surface area (Å²) in [6, 6.07) is 13.7. The van der Waals surface area contributed by atoms with E-state index in [0.717, 1.165) is 28.7 Å². The van der Waals surface area contributed by atoms with Gasteiger partial charge in [-0.05, 0) is 61.0 Å². The van der Waals surface area contributed by atoms with Crippen molar-refractivity contribution in [3.05, 3.63) is 53.1 Å². The SMILES string of the molecule is CCOc1cc(CNCCSc2nnnn2-c2ccccc2)cc(Cl)c1OC(C)C. The van der Waals surface area contributed by atoms with E-state index in [4.69, 9.17) is 21.1 Å². The maximum absolute atomic E-state index is 6.44. The van der Waals surface area contributed by atoms with Crippen molar-refractivity contribution >= 4 is 23.4 Å². The predicted octanol–water partition coefficient (Wildman–Crippen LogP) is 4.38. The van der Waals surface area contributed by atoms with Crippen molar-refractivity contribution < 1.29 is 9.47 Å². The van der Waals surface area contributed by atoms with Crippen LogP contribution < -0.4 is 14.8 Å². The van der Waals surface area contributed by atoms with Gasteiger partial charge in [0.25, 0.3) is 0 Å². The van der Waals surface area contributed by atoms with E-state index in [1.165, 1.54) is 0 Å². The van der Waals surface area contributed by atoms with Gasteiger partial charge in [0.05, 0.1) is 23.4 Å². The topological polar surface area (TPSA) is 74.1 Å². The van der Waals surface area contributed by atoms with Crippen LogP contribution in [-0.2, 0) is 6.54 Å². The summed E-state index contributed by atoms with van der Waals surface area (Å²) >= 11 is 8.04. The number of benzene rings is 2. The van der Waals surface area contributed by atoms with Crippen LogP contribution in [0.1, 0.15) is 26.3 Å². The molecule has 0 aliphatic carbocycles. The third-order valence-corrected chi connectivity index (χ3v) is 5.21. The molecule has 1 heterocycles. The van der Waals surface area contributed by atoms with Crippen molar-refractivity contribution in [1.29, 1.82) is 0 Å². The molecule has 0 radical (unpaired) electrons. The van der Waals surface area contributed by atoms with Crippen molar-refractivity contribution in [1.82, 2.24) is 25.5 Å². The van der Waals surface area contributed by atoms with Gasteiger partial charge in [0, 0.05) is 18.8 Å². The lowest BCUT2D eigenvalue weighted by atomic mass is 10.2. The van der Waals surface area contributed by atoms with Crippen LogP contribution in [0, 0.1) is 0 Å². The molecule has 0 spiro atoms. The summed E-state index contributed by atoms with van der Waals surface area (Å²) in [5, 5.41) is 16.7. The molecule has 3 rings (SSSR count). The van der Waals surface area contributed by atoms with Gasteiger partial charge >= 0.3 is 0 Å². The summed E-state index contributed by atoms with van der Waals surface area (Å²) < 4.78 is 13.3. The van der Waals surface area contributed by atoms with Gasteiger partial charge in [-0.2, -0.15) is 4.68 Å². The highest BCUT2D eigenvalue weighted by molar-refractivity contribution is 7.99. The average molecular weight is 448 g/mol. The van der Waals surface area contributed by atoms with Gasteiger partial charge in [0.2, 0.25) is 5.16 Å². The minimum absolute atomic E-state index is 0.0233. The van der Waals surface area contributed by atoms with Crippen LogP contribution in [0.5, 0.6) is 11.5 Å². The maximum atomic E-state index is 6.44. The third kappa shape index (κ3) is 6.10. The first-order valence-electron chi connectivity index (χ1n) is 9.87. The molecule has 160 valence electrons. The largest absolute Gasteiger partial charge is 0.490 e. The highest BCUT2D eigenvalue weighted by Crippen LogP contribution is 2.37. The Balaban J connectivity index is 1.53. The smallest absolute Gasteiger partial charge is 0.214 e. The molecule has 3 aromatic rings. The van der Waals surface area contributed by atoms with Gasteiger partial charge in [-0.1, -0.05) is 41.6 Å². The molecule has 0 amide bonds. The first-order chi connectivity index (χ1) is 14.6. The third-order valence-electron chi connectivity index (χ3n) is 4.00. The van der Waals surface area contributed by atoms with E-state index in [1.807, 2.05) is 63.2 Å². The van der Waals surface area contributed by atoms with Gasteiger partial charge in [-0.25, -0.2) is 0 Å². The van der Waals surface area contributed by atoms with Gasteiger partial charge in [-0.15, -0.1) is 5.10 Å². The molecule has 0 bridgehead atoms. The Bertz CT molecular complexity index is 936. The molecule has 1 aromatic heterocycles. The van der Waals surface area contributed by atoms with E-state index >= 15 is 0 Å². The molecule has 0 fully saturated rings. The lowest BCUT2D eigenvalue weighted by molar-refractivity contribution is 0.224. The molecule has 0 saturated carbocycles. The zero-order valence-electron chi connectivity index (χ0n) is 17.3. The number of tetrazole rings is 1. The minimum atomic E-state index is 0.0233. The molecule has 0 aliphatic rings. The van der Waals surface area contributed by atoms with E-state index in [1.54, 1.807) is 16.4 Å². The van der Waals surface area contributed by atoms with E-state index in [0.29, 0.717) is 29.7 Å². The Morgan fingerprint density at radius 1 is 1.20 bits per heavy atom. The Hall–Kier alpha value is -2.29. The van der Waals surface area contributed by atoms with Crippen molar-refractivity contribution in [2.75, 3.05) is 18.9 Å². The fraction of sp³-hybridized carbons (Fsp3) is 0.381. The number of halogens is 1. The second-order valence-corrected chi connectivity index (χ2v) is 8.21. The monoisotopic (exact) mass is 447 g/mol. The number of hydrogen-bond donors (Lipinski definition) is 1. The predicted molar refractivity (Wildman–Crippen MR) is 120 cm³/mol. The molecule has 0 atom stereocenters. The van der Waals surface area contributed by atoms with E-state index in [-0.39, 0.29) is 6.10 Å². The second-order valence-electron chi connectivity index (χ2n) is 6.74. The van der Waals surface area contributed by atoms with Gasteiger partial charge in [-0.3, -0.25) is 0 Å². The van der Waals surface area contributed by atoms with E-state index in [9.17, 15) is 0 Å². The summed E-state index contributed by atoms with van der Waals surface area (Å²) in [4.78, 5) is 0. The van der Waals surface area contributed by atoms with Crippen LogP contribution in [0.25, 0.3) is 5.69 Å². The Labute approximate surface area is 186 Å². The summed E-state index contributed by atoms with van der Waals surface area (Å²) in [5.41, 5.74) is 1.98. The van der Waals surface area contributed by atoms with Crippen molar-refractivity contribution in [3.63, 3.8) is 0 Å². The molecule has 0 saturated heterocycles. The zero-order valence-corrected chi connectivity index (χ0v) is 18.9. The number of rotatable bonds is 11. The van der Waals surface area contributed by atoms with Crippen LogP contribution in [-0.4, -0.2) is 45.2 Å². The Morgan fingerprint density at radius 2 is 2.00 bits per heavy atom. The van der Waals surface area contributed by atoms with Crippen LogP contribution in [0.3, 0.4) is 0 Å². The fourth-order valence-electron chi connectivity index (χ4n) is 2.78. The molecular weight excluding hydrogens is 422 g/mol. The van der Waals surface area contributed by atoms with Gasteiger partial charge in [0.1, 0.15) is 0 Å². The number of aromatic nitrogens is 4. The van der Waals surface area contributed by atoms with E-state index < -0.39 is 0 Å². The first kappa shape index (κ1) is 22.4. The molecule has 0 aliphatic heterocycles. The fourth-order valence-corrected chi connectivity index (χ4v) is 3.85. The summed E-state index contributed by atoms with van der Waals surface area (Å²) in [7, 11) is 0. The number of nitrogens with zero attached hydrogens (tertiary/aromatic N) is 4. The maximum Gasteiger partial charge on any atom is 0.214 e. The van der Waals surface area contributed by atoms with Crippen molar-refractivity contribution in [2.45, 2.75) is 38.6 Å². The highest BCUT2D eigenvalue weighted by atomic mass is 35.5. The van der Waals surface area contributed by atoms with Gasteiger partial charge < -0.3 is 14.8 Å². The Morgan fingerprint density at radius 3 is 2.73 bits per heavy atom. The molecule has 30 heavy (non-hydrogen) atoms. The molecule has 1 N–H and O–H groups in total. The standard InChI is InChI=1S/C21H26ClN5O2S/c1-4-28-19-13-16(12-18(22)20(19)29-15(2)3)14-23-10-11-30-21-24-25-26-27(21)17-8-6-5-7-9-17/h5-9,12-13,15,23H,4,10-11,14H2,1-3H3. The summed E-state index contributed by atoms with van der Waals surface area (Å²) in [6.45, 7) is 7.89.